The monoisotopic (exact) mass is 308 g/mol. The summed E-state index contributed by atoms with van der Waals surface area (Å²) in [4.78, 5) is 27.3. The van der Waals surface area contributed by atoms with Crippen LogP contribution in [-0.4, -0.2) is 50.6 Å². The summed E-state index contributed by atoms with van der Waals surface area (Å²) < 4.78 is 10.4. The quantitative estimate of drug-likeness (QED) is 0.772. The summed E-state index contributed by atoms with van der Waals surface area (Å²) in [5.74, 6) is 0.800. The van der Waals surface area contributed by atoms with Crippen LogP contribution in [0.25, 0.3) is 0 Å². The van der Waals surface area contributed by atoms with Crippen molar-refractivity contribution in [2.45, 2.75) is 20.8 Å². The first-order chi connectivity index (χ1) is 10.5. The van der Waals surface area contributed by atoms with Crippen molar-refractivity contribution >= 4 is 17.5 Å². The normalized spacial score (nSPS) is 10.0. The van der Waals surface area contributed by atoms with Crippen LogP contribution in [0.15, 0.2) is 18.2 Å². The number of amides is 2. The molecule has 0 aliphatic heterocycles. The lowest BCUT2D eigenvalue weighted by molar-refractivity contribution is -0.130. The van der Waals surface area contributed by atoms with Crippen molar-refractivity contribution in [3.05, 3.63) is 18.2 Å². The number of carbonyl (C=O) groups is 2. The molecule has 0 saturated carbocycles. The summed E-state index contributed by atoms with van der Waals surface area (Å²) >= 11 is 0. The van der Waals surface area contributed by atoms with Gasteiger partial charge in [-0.05, 0) is 26.0 Å². The number of benzene rings is 1. The molecule has 0 unspecified atom stereocenters. The second-order valence-corrected chi connectivity index (χ2v) is 4.71. The molecule has 0 bridgehead atoms. The highest BCUT2D eigenvalue weighted by Crippen LogP contribution is 2.31. The van der Waals surface area contributed by atoms with Crippen LogP contribution in [-0.2, 0) is 9.59 Å². The second kappa shape index (κ2) is 8.26. The zero-order valence-corrected chi connectivity index (χ0v) is 13.9. The minimum Gasteiger partial charge on any atom is -0.493 e. The number of likely N-dealkylation sites (N-methyl/N-ethyl adjacent to an activating group) is 1. The molecule has 1 rings (SSSR count). The standard InChI is InChI=1S/C16H24N2O4/c1-6-17(7-2)16(20)11-18(12(3)19)13-8-9-14(21-4)15(10-13)22-5/h8-10H,6-7,11H2,1-5H3. The molecule has 0 aliphatic rings. The van der Waals surface area contributed by atoms with Gasteiger partial charge in [-0.2, -0.15) is 0 Å². The number of hydrogen-bond donors (Lipinski definition) is 0. The first kappa shape index (κ1) is 17.8. The van der Waals surface area contributed by atoms with Gasteiger partial charge in [-0.3, -0.25) is 9.59 Å². The molecule has 0 N–H and O–H groups in total. The van der Waals surface area contributed by atoms with Crippen molar-refractivity contribution in [2.75, 3.05) is 38.8 Å². The summed E-state index contributed by atoms with van der Waals surface area (Å²) in [6, 6.07) is 5.14. The van der Waals surface area contributed by atoms with Crippen LogP contribution in [0, 0.1) is 0 Å². The van der Waals surface area contributed by atoms with Gasteiger partial charge in [0.05, 0.1) is 14.2 Å². The number of methoxy groups -OCH3 is 2. The van der Waals surface area contributed by atoms with E-state index in [0.717, 1.165) is 0 Å². The van der Waals surface area contributed by atoms with E-state index in [1.807, 2.05) is 13.8 Å². The molecule has 1 aromatic carbocycles. The Kier molecular flexibility index (Phi) is 6.69. The van der Waals surface area contributed by atoms with E-state index < -0.39 is 0 Å². The fraction of sp³-hybridized carbons (Fsp3) is 0.500. The van der Waals surface area contributed by atoms with Crippen molar-refractivity contribution < 1.29 is 19.1 Å². The smallest absolute Gasteiger partial charge is 0.242 e. The number of carbonyl (C=O) groups excluding carboxylic acids is 2. The van der Waals surface area contributed by atoms with E-state index >= 15 is 0 Å². The third-order valence-electron chi connectivity index (χ3n) is 3.47. The van der Waals surface area contributed by atoms with E-state index in [9.17, 15) is 9.59 Å². The molecule has 2 amide bonds. The first-order valence-corrected chi connectivity index (χ1v) is 7.26. The van der Waals surface area contributed by atoms with Gasteiger partial charge in [-0.15, -0.1) is 0 Å². The van der Waals surface area contributed by atoms with E-state index in [-0.39, 0.29) is 18.4 Å². The minimum absolute atomic E-state index is 0.00644. The molecule has 0 atom stereocenters. The van der Waals surface area contributed by atoms with Crippen LogP contribution in [0.5, 0.6) is 11.5 Å². The number of rotatable bonds is 7. The second-order valence-electron chi connectivity index (χ2n) is 4.71. The van der Waals surface area contributed by atoms with Gasteiger partial charge in [0.2, 0.25) is 11.8 Å². The van der Waals surface area contributed by atoms with Gasteiger partial charge in [0.25, 0.3) is 0 Å². The molecular weight excluding hydrogens is 284 g/mol. The van der Waals surface area contributed by atoms with E-state index in [4.69, 9.17) is 9.47 Å². The van der Waals surface area contributed by atoms with Crippen LogP contribution in [0.3, 0.4) is 0 Å². The predicted molar refractivity (Wildman–Crippen MR) is 85.5 cm³/mol. The van der Waals surface area contributed by atoms with E-state index in [2.05, 4.69) is 0 Å². The predicted octanol–water partition coefficient (Wildman–Crippen LogP) is 1.93. The Balaban J connectivity index is 3.06. The molecule has 22 heavy (non-hydrogen) atoms. The van der Waals surface area contributed by atoms with Crippen LogP contribution in [0.1, 0.15) is 20.8 Å². The zero-order valence-electron chi connectivity index (χ0n) is 13.9. The van der Waals surface area contributed by atoms with Gasteiger partial charge in [-0.1, -0.05) is 0 Å². The fourth-order valence-electron chi connectivity index (χ4n) is 2.19. The average molecular weight is 308 g/mol. The Hall–Kier alpha value is -2.24. The molecule has 0 fully saturated rings. The lowest BCUT2D eigenvalue weighted by Crippen LogP contribution is -2.42. The average Bonchev–Trinajstić information content (AvgIpc) is 2.52. The molecular formula is C16H24N2O4. The van der Waals surface area contributed by atoms with Gasteiger partial charge >= 0.3 is 0 Å². The van der Waals surface area contributed by atoms with Crippen molar-refractivity contribution in [3.63, 3.8) is 0 Å². The topological polar surface area (TPSA) is 59.1 Å². The number of hydrogen-bond acceptors (Lipinski definition) is 4. The van der Waals surface area contributed by atoms with Gasteiger partial charge in [0, 0.05) is 31.8 Å². The zero-order chi connectivity index (χ0) is 16.7. The molecule has 0 saturated heterocycles. The van der Waals surface area contributed by atoms with E-state index in [1.54, 1.807) is 30.2 Å². The Bertz CT molecular complexity index is 527. The van der Waals surface area contributed by atoms with Gasteiger partial charge in [0.1, 0.15) is 6.54 Å². The highest BCUT2D eigenvalue weighted by molar-refractivity contribution is 5.97. The molecule has 0 radical (unpaired) electrons. The molecule has 0 spiro atoms. The van der Waals surface area contributed by atoms with Crippen molar-refractivity contribution in [1.82, 2.24) is 4.90 Å². The van der Waals surface area contributed by atoms with Crippen molar-refractivity contribution in [2.24, 2.45) is 0 Å². The minimum atomic E-state index is -0.201. The van der Waals surface area contributed by atoms with Gasteiger partial charge in [0.15, 0.2) is 11.5 Å². The third kappa shape index (κ3) is 4.13. The first-order valence-electron chi connectivity index (χ1n) is 7.26. The Labute approximate surface area is 131 Å². The maximum atomic E-state index is 12.2. The van der Waals surface area contributed by atoms with Crippen molar-refractivity contribution in [1.29, 1.82) is 0 Å². The molecule has 122 valence electrons. The lowest BCUT2D eigenvalue weighted by atomic mass is 10.2. The lowest BCUT2D eigenvalue weighted by Gasteiger charge is -2.25. The maximum absolute atomic E-state index is 12.2. The highest BCUT2D eigenvalue weighted by Gasteiger charge is 2.20. The van der Waals surface area contributed by atoms with Gasteiger partial charge in [-0.25, -0.2) is 0 Å². The summed E-state index contributed by atoms with van der Waals surface area (Å²) in [5.41, 5.74) is 0.602. The summed E-state index contributed by atoms with van der Waals surface area (Å²) in [5, 5.41) is 0. The molecule has 1 aromatic rings. The number of ether oxygens (including phenoxy) is 2. The molecule has 0 aromatic heterocycles. The summed E-state index contributed by atoms with van der Waals surface area (Å²) in [6.07, 6.45) is 0. The molecule has 6 nitrogen and oxygen atoms in total. The fourth-order valence-corrected chi connectivity index (χ4v) is 2.19. The van der Waals surface area contributed by atoms with Crippen molar-refractivity contribution in [3.8, 4) is 11.5 Å². The number of anilines is 1. The van der Waals surface area contributed by atoms with Crippen LogP contribution >= 0.6 is 0 Å². The summed E-state index contributed by atoms with van der Waals surface area (Å²) in [6.45, 7) is 6.50. The Morgan fingerprint density at radius 3 is 2.09 bits per heavy atom. The largest absolute Gasteiger partial charge is 0.493 e. The molecule has 0 aliphatic carbocycles. The van der Waals surface area contributed by atoms with Crippen LogP contribution in [0.2, 0.25) is 0 Å². The maximum Gasteiger partial charge on any atom is 0.242 e. The third-order valence-corrected chi connectivity index (χ3v) is 3.47. The Morgan fingerprint density at radius 1 is 1.05 bits per heavy atom. The van der Waals surface area contributed by atoms with Gasteiger partial charge < -0.3 is 19.3 Å². The summed E-state index contributed by atoms with van der Waals surface area (Å²) in [7, 11) is 3.07. The van der Waals surface area contributed by atoms with E-state index in [1.165, 1.54) is 18.9 Å². The molecule has 6 heteroatoms. The Morgan fingerprint density at radius 2 is 1.64 bits per heavy atom. The van der Waals surface area contributed by atoms with E-state index in [0.29, 0.717) is 30.3 Å². The highest BCUT2D eigenvalue weighted by atomic mass is 16.5. The molecule has 0 heterocycles. The number of nitrogens with zero attached hydrogens (tertiary/aromatic N) is 2. The SMILES string of the molecule is CCN(CC)C(=O)CN(C(C)=O)c1ccc(OC)c(OC)c1. The van der Waals surface area contributed by atoms with Crippen LogP contribution in [0.4, 0.5) is 5.69 Å². The van der Waals surface area contributed by atoms with Crippen LogP contribution < -0.4 is 14.4 Å².